The second kappa shape index (κ2) is 5.82. The van der Waals surface area contributed by atoms with Crippen molar-refractivity contribution in [1.29, 1.82) is 0 Å². The van der Waals surface area contributed by atoms with Gasteiger partial charge in [0.05, 0.1) is 4.91 Å². The second-order valence-electron chi connectivity index (χ2n) is 3.64. The molecular weight excluding hydrogens is 330 g/mol. The van der Waals surface area contributed by atoms with Gasteiger partial charge in [0.1, 0.15) is 4.32 Å². The molecule has 1 saturated heterocycles. The van der Waals surface area contributed by atoms with Crippen LogP contribution in [0.25, 0.3) is 6.08 Å². The number of nitrogens with zero attached hydrogens (tertiary/aromatic N) is 1. The lowest BCUT2D eigenvalue weighted by Crippen LogP contribution is -2.27. The highest BCUT2D eigenvalue weighted by Gasteiger charge is 2.30. The Morgan fingerprint density at radius 3 is 2.94 bits per heavy atom. The SMILES string of the molecule is C=CCN1C(=O)/C(=C\c2cccc(Br)c2)SC1=S. The molecule has 0 saturated carbocycles. The van der Waals surface area contributed by atoms with Crippen molar-refractivity contribution in [2.45, 2.75) is 0 Å². The quantitative estimate of drug-likeness (QED) is 0.474. The van der Waals surface area contributed by atoms with Crippen molar-refractivity contribution in [1.82, 2.24) is 4.90 Å². The normalized spacial score (nSPS) is 17.6. The monoisotopic (exact) mass is 339 g/mol. The van der Waals surface area contributed by atoms with Crippen LogP contribution in [0.1, 0.15) is 5.56 Å². The van der Waals surface area contributed by atoms with Crippen LogP contribution >= 0.6 is 39.9 Å². The molecule has 0 spiro atoms. The molecule has 0 bridgehead atoms. The van der Waals surface area contributed by atoms with Crippen LogP contribution in [-0.4, -0.2) is 21.7 Å². The Morgan fingerprint density at radius 1 is 1.50 bits per heavy atom. The second-order valence-corrected chi connectivity index (χ2v) is 6.23. The minimum Gasteiger partial charge on any atom is -0.289 e. The molecule has 1 heterocycles. The van der Waals surface area contributed by atoms with Crippen LogP contribution in [-0.2, 0) is 4.79 Å². The number of thiocarbonyl (C=S) groups is 1. The summed E-state index contributed by atoms with van der Waals surface area (Å²) in [7, 11) is 0. The predicted molar refractivity (Wildman–Crippen MR) is 84.2 cm³/mol. The summed E-state index contributed by atoms with van der Waals surface area (Å²) in [4.78, 5) is 14.3. The van der Waals surface area contributed by atoms with E-state index in [-0.39, 0.29) is 5.91 Å². The van der Waals surface area contributed by atoms with Gasteiger partial charge in [0.15, 0.2) is 0 Å². The fourth-order valence-corrected chi connectivity index (χ4v) is 3.23. The molecule has 1 amide bonds. The number of carbonyl (C=O) groups excluding carboxylic acids is 1. The minimum atomic E-state index is -0.0510. The van der Waals surface area contributed by atoms with Gasteiger partial charge in [-0.3, -0.25) is 9.69 Å². The third-order valence-electron chi connectivity index (χ3n) is 2.33. The van der Waals surface area contributed by atoms with E-state index in [1.54, 1.807) is 11.0 Å². The number of halogens is 1. The molecule has 92 valence electrons. The van der Waals surface area contributed by atoms with Crippen molar-refractivity contribution in [2.75, 3.05) is 6.54 Å². The van der Waals surface area contributed by atoms with E-state index in [0.29, 0.717) is 15.8 Å². The number of benzene rings is 1. The van der Waals surface area contributed by atoms with Gasteiger partial charge in [-0.05, 0) is 23.8 Å². The Hall–Kier alpha value is -0.910. The van der Waals surface area contributed by atoms with Crippen LogP contribution < -0.4 is 0 Å². The van der Waals surface area contributed by atoms with Crippen molar-refractivity contribution in [3.05, 3.63) is 51.9 Å². The summed E-state index contributed by atoms with van der Waals surface area (Å²) in [6, 6.07) is 7.78. The Bertz CT molecular complexity index is 554. The van der Waals surface area contributed by atoms with E-state index in [2.05, 4.69) is 22.5 Å². The number of carbonyl (C=O) groups is 1. The Kier molecular flexibility index (Phi) is 4.37. The van der Waals surface area contributed by atoms with E-state index in [9.17, 15) is 4.79 Å². The highest BCUT2D eigenvalue weighted by Crippen LogP contribution is 2.32. The molecule has 1 aromatic rings. The van der Waals surface area contributed by atoms with Gasteiger partial charge in [0.2, 0.25) is 0 Å². The summed E-state index contributed by atoms with van der Waals surface area (Å²) in [5.41, 5.74) is 0.975. The van der Waals surface area contributed by atoms with Crippen LogP contribution in [0.4, 0.5) is 0 Å². The standard InChI is InChI=1S/C13H10BrNOS2/c1-2-6-15-12(16)11(18-13(15)17)8-9-4-3-5-10(14)7-9/h2-5,7-8H,1,6H2/b11-8+. The first-order valence-electron chi connectivity index (χ1n) is 5.23. The van der Waals surface area contributed by atoms with Crippen molar-refractivity contribution in [2.24, 2.45) is 0 Å². The highest BCUT2D eigenvalue weighted by atomic mass is 79.9. The van der Waals surface area contributed by atoms with Crippen LogP contribution in [0.5, 0.6) is 0 Å². The smallest absolute Gasteiger partial charge is 0.266 e. The van der Waals surface area contributed by atoms with Gasteiger partial charge in [0.25, 0.3) is 5.91 Å². The first kappa shape index (κ1) is 13.5. The maximum absolute atomic E-state index is 12.1. The fraction of sp³-hybridized carbons (Fsp3) is 0.0769. The Labute approximate surface area is 124 Å². The fourth-order valence-electron chi connectivity index (χ4n) is 1.53. The van der Waals surface area contributed by atoms with Gasteiger partial charge in [-0.25, -0.2) is 0 Å². The molecular formula is C13H10BrNOS2. The molecule has 1 aliphatic rings. The molecule has 0 N–H and O–H groups in total. The van der Waals surface area contributed by atoms with E-state index in [0.717, 1.165) is 10.0 Å². The van der Waals surface area contributed by atoms with E-state index in [1.165, 1.54) is 11.8 Å². The topological polar surface area (TPSA) is 20.3 Å². The summed E-state index contributed by atoms with van der Waals surface area (Å²) < 4.78 is 1.57. The summed E-state index contributed by atoms with van der Waals surface area (Å²) in [6.45, 7) is 4.08. The molecule has 1 aromatic carbocycles. The molecule has 0 aliphatic carbocycles. The van der Waals surface area contributed by atoms with Gasteiger partial charge in [0, 0.05) is 11.0 Å². The number of thioether (sulfide) groups is 1. The zero-order valence-electron chi connectivity index (χ0n) is 9.43. The molecule has 0 aromatic heterocycles. The maximum Gasteiger partial charge on any atom is 0.266 e. The predicted octanol–water partition coefficient (Wildman–Crippen LogP) is 3.84. The minimum absolute atomic E-state index is 0.0510. The third-order valence-corrected chi connectivity index (χ3v) is 4.20. The van der Waals surface area contributed by atoms with Gasteiger partial charge in [-0.15, -0.1) is 6.58 Å². The average Bonchev–Trinajstić information content (AvgIpc) is 2.57. The van der Waals surface area contributed by atoms with Crippen molar-refractivity contribution < 1.29 is 4.79 Å². The number of rotatable bonds is 3. The summed E-state index contributed by atoms with van der Waals surface area (Å²) >= 11 is 9.91. The van der Waals surface area contributed by atoms with Crippen LogP contribution in [0.15, 0.2) is 46.3 Å². The first-order chi connectivity index (χ1) is 8.61. The van der Waals surface area contributed by atoms with E-state index in [4.69, 9.17) is 12.2 Å². The molecule has 0 unspecified atom stereocenters. The summed E-state index contributed by atoms with van der Waals surface area (Å²) in [5, 5.41) is 0. The Balaban J connectivity index is 2.27. The van der Waals surface area contributed by atoms with Crippen molar-refractivity contribution in [3.63, 3.8) is 0 Å². The lowest BCUT2D eigenvalue weighted by molar-refractivity contribution is -0.121. The molecule has 0 atom stereocenters. The third kappa shape index (κ3) is 2.91. The summed E-state index contributed by atoms with van der Waals surface area (Å²) in [5.74, 6) is -0.0510. The number of amides is 1. The number of hydrogen-bond donors (Lipinski definition) is 0. The van der Waals surface area contributed by atoms with Crippen LogP contribution in [0.2, 0.25) is 0 Å². The maximum atomic E-state index is 12.1. The van der Waals surface area contributed by atoms with Gasteiger partial charge in [-0.2, -0.15) is 0 Å². The Morgan fingerprint density at radius 2 is 2.28 bits per heavy atom. The number of hydrogen-bond acceptors (Lipinski definition) is 3. The molecule has 1 fully saturated rings. The largest absolute Gasteiger partial charge is 0.289 e. The van der Waals surface area contributed by atoms with E-state index >= 15 is 0 Å². The van der Waals surface area contributed by atoms with Gasteiger partial charge >= 0.3 is 0 Å². The van der Waals surface area contributed by atoms with Crippen molar-refractivity contribution in [3.8, 4) is 0 Å². The highest BCUT2D eigenvalue weighted by molar-refractivity contribution is 9.10. The molecule has 5 heteroatoms. The lowest BCUT2D eigenvalue weighted by Gasteiger charge is -2.10. The van der Waals surface area contributed by atoms with Crippen LogP contribution in [0, 0.1) is 0 Å². The van der Waals surface area contributed by atoms with E-state index < -0.39 is 0 Å². The van der Waals surface area contributed by atoms with Crippen LogP contribution in [0.3, 0.4) is 0 Å². The van der Waals surface area contributed by atoms with Gasteiger partial charge in [-0.1, -0.05) is 58.1 Å². The summed E-state index contributed by atoms with van der Waals surface area (Å²) in [6.07, 6.45) is 3.53. The zero-order chi connectivity index (χ0) is 13.1. The first-order valence-corrected chi connectivity index (χ1v) is 7.25. The lowest BCUT2D eigenvalue weighted by atomic mass is 10.2. The van der Waals surface area contributed by atoms with E-state index in [1.807, 2.05) is 30.3 Å². The molecule has 18 heavy (non-hydrogen) atoms. The molecule has 2 nitrogen and oxygen atoms in total. The zero-order valence-corrected chi connectivity index (χ0v) is 12.6. The molecule has 0 radical (unpaired) electrons. The molecule has 1 aliphatic heterocycles. The van der Waals surface area contributed by atoms with Gasteiger partial charge < -0.3 is 0 Å². The average molecular weight is 340 g/mol. The molecule has 2 rings (SSSR count). The van der Waals surface area contributed by atoms with Crippen molar-refractivity contribution >= 4 is 56.2 Å².